The first-order valence-corrected chi connectivity index (χ1v) is 4.95. The second-order valence-corrected chi connectivity index (χ2v) is 3.99. The average molecular weight is 240 g/mol. The van der Waals surface area contributed by atoms with Crippen LogP contribution in [0.2, 0.25) is 0 Å². The van der Waals surface area contributed by atoms with Gasteiger partial charge in [-0.1, -0.05) is 30.8 Å². The number of Topliss-reactive ketones (excluding diaryl/α,β-unsaturated/α-hetero) is 1. The molecular weight excluding hydrogens is 222 g/mol. The lowest BCUT2D eigenvalue weighted by molar-refractivity contribution is 0.102. The maximum atomic E-state index is 12.0. The predicted octanol–water partition coefficient (Wildman–Crippen LogP) is 2.72. The maximum Gasteiger partial charge on any atom is 0.189 e. The summed E-state index contributed by atoms with van der Waals surface area (Å²) in [5.74, 6) is 0.0433. The van der Waals surface area contributed by atoms with Crippen molar-refractivity contribution in [3.05, 3.63) is 47.5 Å². The van der Waals surface area contributed by atoms with Gasteiger partial charge in [-0.05, 0) is 26.6 Å². The standard InChI is InChI=1S/C13H17NO.ClH/c1-10-7-5-6-8-12(10)13(15)11(2)9-14(3)4;/h5-8H,2,9H2,1,3-4H3;1H. The highest BCUT2D eigenvalue weighted by molar-refractivity contribution is 6.09. The molecule has 0 unspecified atom stereocenters. The maximum absolute atomic E-state index is 12.0. The third-order valence-corrected chi connectivity index (χ3v) is 2.22. The van der Waals surface area contributed by atoms with E-state index in [-0.39, 0.29) is 18.2 Å². The highest BCUT2D eigenvalue weighted by atomic mass is 35.5. The molecule has 1 rings (SSSR count). The third kappa shape index (κ3) is 3.80. The zero-order valence-corrected chi connectivity index (χ0v) is 10.8. The molecule has 3 heteroatoms. The molecule has 0 saturated carbocycles. The zero-order valence-electron chi connectivity index (χ0n) is 9.99. The molecule has 0 aliphatic carbocycles. The van der Waals surface area contributed by atoms with Crippen molar-refractivity contribution in [3.63, 3.8) is 0 Å². The van der Waals surface area contributed by atoms with Crippen molar-refractivity contribution in [1.29, 1.82) is 0 Å². The van der Waals surface area contributed by atoms with Crippen LogP contribution in [0.15, 0.2) is 36.4 Å². The topological polar surface area (TPSA) is 20.3 Å². The van der Waals surface area contributed by atoms with Gasteiger partial charge in [-0.15, -0.1) is 12.4 Å². The van der Waals surface area contributed by atoms with E-state index in [0.717, 1.165) is 11.1 Å². The number of likely N-dealkylation sites (N-methyl/N-ethyl adjacent to an activating group) is 1. The zero-order chi connectivity index (χ0) is 11.4. The Morgan fingerprint density at radius 3 is 2.38 bits per heavy atom. The summed E-state index contributed by atoms with van der Waals surface area (Å²) < 4.78 is 0. The van der Waals surface area contributed by atoms with Gasteiger partial charge in [-0.2, -0.15) is 0 Å². The number of rotatable bonds is 4. The number of hydrogen-bond donors (Lipinski definition) is 0. The van der Waals surface area contributed by atoms with Gasteiger partial charge in [0.1, 0.15) is 0 Å². The van der Waals surface area contributed by atoms with Crippen LogP contribution >= 0.6 is 12.4 Å². The van der Waals surface area contributed by atoms with Gasteiger partial charge in [-0.3, -0.25) is 4.79 Å². The van der Waals surface area contributed by atoms with E-state index in [4.69, 9.17) is 0 Å². The summed E-state index contributed by atoms with van der Waals surface area (Å²) in [7, 11) is 3.85. The number of hydrogen-bond acceptors (Lipinski definition) is 2. The lowest BCUT2D eigenvalue weighted by atomic mass is 10.00. The number of carbonyl (C=O) groups excluding carboxylic acids is 1. The van der Waals surface area contributed by atoms with E-state index in [0.29, 0.717) is 12.1 Å². The van der Waals surface area contributed by atoms with Gasteiger partial charge in [0, 0.05) is 17.7 Å². The van der Waals surface area contributed by atoms with Crippen LogP contribution in [0.4, 0.5) is 0 Å². The minimum atomic E-state index is 0. The molecule has 0 heterocycles. The molecule has 0 fully saturated rings. The van der Waals surface area contributed by atoms with Crippen LogP contribution in [0, 0.1) is 6.92 Å². The molecule has 1 aromatic rings. The molecule has 0 aliphatic heterocycles. The molecule has 0 saturated heterocycles. The van der Waals surface area contributed by atoms with E-state index in [1.54, 1.807) is 0 Å². The molecular formula is C13H18ClNO. The molecule has 0 N–H and O–H groups in total. The van der Waals surface area contributed by atoms with Crippen molar-refractivity contribution in [1.82, 2.24) is 4.90 Å². The molecule has 1 aromatic carbocycles. The lowest BCUT2D eigenvalue weighted by Crippen LogP contribution is -2.19. The summed E-state index contributed by atoms with van der Waals surface area (Å²) in [5, 5.41) is 0. The second-order valence-electron chi connectivity index (χ2n) is 3.99. The van der Waals surface area contributed by atoms with E-state index in [9.17, 15) is 4.79 Å². The monoisotopic (exact) mass is 239 g/mol. The van der Waals surface area contributed by atoms with E-state index in [1.165, 1.54) is 0 Å². The van der Waals surface area contributed by atoms with Crippen molar-refractivity contribution in [2.45, 2.75) is 6.92 Å². The fraction of sp³-hybridized carbons (Fsp3) is 0.308. The van der Waals surface area contributed by atoms with Gasteiger partial charge < -0.3 is 4.90 Å². The highest BCUT2D eigenvalue weighted by Crippen LogP contribution is 2.12. The number of ketones is 1. The molecule has 88 valence electrons. The van der Waals surface area contributed by atoms with Crippen LogP contribution in [-0.2, 0) is 0 Å². The van der Waals surface area contributed by atoms with Crippen LogP contribution in [-0.4, -0.2) is 31.3 Å². The van der Waals surface area contributed by atoms with Gasteiger partial charge in [0.15, 0.2) is 5.78 Å². The van der Waals surface area contributed by atoms with Gasteiger partial charge in [0.25, 0.3) is 0 Å². The Morgan fingerprint density at radius 1 is 1.31 bits per heavy atom. The number of halogens is 1. The Morgan fingerprint density at radius 2 is 1.88 bits per heavy atom. The normalized spacial score (nSPS) is 9.75. The van der Waals surface area contributed by atoms with E-state index in [1.807, 2.05) is 50.2 Å². The Bertz CT molecular complexity index is 385. The average Bonchev–Trinajstić information content (AvgIpc) is 2.16. The summed E-state index contributed by atoms with van der Waals surface area (Å²) >= 11 is 0. The van der Waals surface area contributed by atoms with Crippen molar-refractivity contribution in [2.75, 3.05) is 20.6 Å². The third-order valence-electron chi connectivity index (χ3n) is 2.22. The largest absolute Gasteiger partial charge is 0.305 e. The van der Waals surface area contributed by atoms with Crippen LogP contribution in [0.25, 0.3) is 0 Å². The summed E-state index contributed by atoms with van der Waals surface area (Å²) in [6, 6.07) is 7.60. The van der Waals surface area contributed by atoms with Crippen LogP contribution in [0.1, 0.15) is 15.9 Å². The SMILES string of the molecule is C=C(CN(C)C)C(=O)c1ccccc1C.Cl. The Balaban J connectivity index is 0.00000225. The fourth-order valence-electron chi connectivity index (χ4n) is 1.47. The van der Waals surface area contributed by atoms with E-state index >= 15 is 0 Å². The van der Waals surface area contributed by atoms with Crippen LogP contribution in [0.5, 0.6) is 0 Å². The van der Waals surface area contributed by atoms with Gasteiger partial charge in [0.2, 0.25) is 0 Å². The number of aryl methyl sites for hydroxylation is 1. The fourth-order valence-corrected chi connectivity index (χ4v) is 1.47. The highest BCUT2D eigenvalue weighted by Gasteiger charge is 2.12. The lowest BCUT2D eigenvalue weighted by Gasteiger charge is -2.12. The number of benzene rings is 1. The number of carbonyl (C=O) groups is 1. The van der Waals surface area contributed by atoms with Crippen molar-refractivity contribution < 1.29 is 4.79 Å². The van der Waals surface area contributed by atoms with E-state index in [2.05, 4.69) is 6.58 Å². The van der Waals surface area contributed by atoms with Crippen LogP contribution in [0.3, 0.4) is 0 Å². The molecule has 16 heavy (non-hydrogen) atoms. The molecule has 0 amide bonds. The summed E-state index contributed by atoms with van der Waals surface area (Å²) in [4.78, 5) is 13.9. The molecule has 0 aromatic heterocycles. The first-order chi connectivity index (χ1) is 7.02. The van der Waals surface area contributed by atoms with Gasteiger partial charge in [0.05, 0.1) is 0 Å². The predicted molar refractivity (Wildman–Crippen MR) is 70.5 cm³/mol. The van der Waals surface area contributed by atoms with Crippen molar-refractivity contribution in [2.24, 2.45) is 0 Å². The molecule has 0 spiro atoms. The van der Waals surface area contributed by atoms with Crippen molar-refractivity contribution in [3.8, 4) is 0 Å². The summed E-state index contributed by atoms with van der Waals surface area (Å²) in [6.45, 7) is 6.37. The summed E-state index contributed by atoms with van der Waals surface area (Å²) in [5.41, 5.74) is 2.39. The van der Waals surface area contributed by atoms with Crippen molar-refractivity contribution >= 4 is 18.2 Å². The number of nitrogens with zero attached hydrogens (tertiary/aromatic N) is 1. The molecule has 0 radical (unpaired) electrons. The smallest absolute Gasteiger partial charge is 0.189 e. The van der Waals surface area contributed by atoms with Gasteiger partial charge >= 0.3 is 0 Å². The van der Waals surface area contributed by atoms with E-state index < -0.39 is 0 Å². The molecule has 0 atom stereocenters. The first kappa shape index (κ1) is 14.9. The van der Waals surface area contributed by atoms with Crippen LogP contribution < -0.4 is 0 Å². The minimum absolute atomic E-state index is 0. The first-order valence-electron chi connectivity index (χ1n) is 4.95. The van der Waals surface area contributed by atoms with Gasteiger partial charge in [-0.25, -0.2) is 0 Å². The Labute approximate surface area is 103 Å². The second kappa shape index (κ2) is 6.46. The Hall–Kier alpha value is -1.12. The molecule has 0 aliphatic rings. The quantitative estimate of drug-likeness (QED) is 0.595. The molecule has 0 bridgehead atoms. The summed E-state index contributed by atoms with van der Waals surface area (Å²) in [6.07, 6.45) is 0. The molecule has 2 nitrogen and oxygen atoms in total. The minimum Gasteiger partial charge on any atom is -0.305 e. The Kier molecular flexibility index (Phi) is 6.01.